The number of methoxy groups -OCH3 is 1. The van der Waals surface area contributed by atoms with Crippen molar-refractivity contribution in [3.63, 3.8) is 0 Å². The predicted molar refractivity (Wildman–Crippen MR) is 64.9 cm³/mol. The fourth-order valence-corrected chi connectivity index (χ4v) is 1.55. The van der Waals surface area contributed by atoms with Gasteiger partial charge >= 0.3 is 0 Å². The molecule has 0 aliphatic rings. The first-order chi connectivity index (χ1) is 6.77. The molecule has 1 aromatic rings. The SMILES string of the molecule is COc1ccc(Cl)c(NCCSC)c1. The van der Waals surface area contributed by atoms with E-state index in [1.54, 1.807) is 18.9 Å². The molecule has 0 heterocycles. The minimum Gasteiger partial charge on any atom is -0.497 e. The summed E-state index contributed by atoms with van der Waals surface area (Å²) in [6.45, 7) is 0.911. The van der Waals surface area contributed by atoms with Gasteiger partial charge in [0.05, 0.1) is 17.8 Å². The quantitative estimate of drug-likeness (QED) is 0.787. The Hall–Kier alpha value is -0.540. The van der Waals surface area contributed by atoms with Crippen LogP contribution in [0.3, 0.4) is 0 Å². The van der Waals surface area contributed by atoms with Gasteiger partial charge in [-0.05, 0) is 18.4 Å². The molecule has 0 bridgehead atoms. The van der Waals surface area contributed by atoms with Gasteiger partial charge in [0.25, 0.3) is 0 Å². The first kappa shape index (κ1) is 11.5. The highest BCUT2D eigenvalue weighted by Gasteiger charge is 2.00. The first-order valence-electron chi connectivity index (χ1n) is 4.34. The minimum absolute atomic E-state index is 0.729. The van der Waals surface area contributed by atoms with Gasteiger partial charge in [0, 0.05) is 18.4 Å². The van der Waals surface area contributed by atoms with E-state index in [0.29, 0.717) is 0 Å². The fraction of sp³-hybridized carbons (Fsp3) is 0.400. The van der Waals surface area contributed by atoms with Gasteiger partial charge in [0.1, 0.15) is 5.75 Å². The molecule has 14 heavy (non-hydrogen) atoms. The van der Waals surface area contributed by atoms with Crippen LogP contribution in [0.5, 0.6) is 5.75 Å². The van der Waals surface area contributed by atoms with E-state index in [-0.39, 0.29) is 0 Å². The molecule has 0 radical (unpaired) electrons. The summed E-state index contributed by atoms with van der Waals surface area (Å²) in [6.07, 6.45) is 2.08. The highest BCUT2D eigenvalue weighted by atomic mass is 35.5. The Balaban J connectivity index is 2.64. The molecule has 1 aromatic carbocycles. The lowest BCUT2D eigenvalue weighted by atomic mass is 10.3. The maximum Gasteiger partial charge on any atom is 0.121 e. The van der Waals surface area contributed by atoms with Crippen LogP contribution in [0.15, 0.2) is 18.2 Å². The Morgan fingerprint density at radius 3 is 2.93 bits per heavy atom. The van der Waals surface area contributed by atoms with Crippen LogP contribution in [0, 0.1) is 0 Å². The number of benzene rings is 1. The molecule has 0 aliphatic carbocycles. The van der Waals surface area contributed by atoms with Crippen molar-refractivity contribution in [1.29, 1.82) is 0 Å². The van der Waals surface area contributed by atoms with E-state index in [9.17, 15) is 0 Å². The van der Waals surface area contributed by atoms with Gasteiger partial charge in [-0.25, -0.2) is 0 Å². The number of anilines is 1. The Bertz CT molecular complexity index is 293. The van der Waals surface area contributed by atoms with Crippen molar-refractivity contribution in [3.05, 3.63) is 23.2 Å². The number of rotatable bonds is 5. The highest BCUT2D eigenvalue weighted by Crippen LogP contribution is 2.26. The summed E-state index contributed by atoms with van der Waals surface area (Å²) in [7, 11) is 1.65. The van der Waals surface area contributed by atoms with Gasteiger partial charge in [-0.3, -0.25) is 0 Å². The number of nitrogens with one attached hydrogen (secondary N) is 1. The van der Waals surface area contributed by atoms with Gasteiger partial charge in [-0.2, -0.15) is 11.8 Å². The molecule has 0 saturated carbocycles. The van der Waals surface area contributed by atoms with Crippen molar-refractivity contribution in [2.75, 3.05) is 31.0 Å². The van der Waals surface area contributed by atoms with Crippen molar-refractivity contribution >= 4 is 29.1 Å². The van der Waals surface area contributed by atoms with Gasteiger partial charge in [0.15, 0.2) is 0 Å². The molecular weight excluding hydrogens is 218 g/mol. The molecule has 0 aliphatic heterocycles. The second-order valence-corrected chi connectivity index (χ2v) is 4.16. The van der Waals surface area contributed by atoms with E-state index in [1.165, 1.54) is 0 Å². The summed E-state index contributed by atoms with van der Waals surface area (Å²) >= 11 is 7.81. The van der Waals surface area contributed by atoms with Crippen molar-refractivity contribution in [2.24, 2.45) is 0 Å². The third-order valence-corrected chi connectivity index (χ3v) is 2.74. The Morgan fingerprint density at radius 2 is 2.29 bits per heavy atom. The van der Waals surface area contributed by atoms with Crippen LogP contribution in [0.4, 0.5) is 5.69 Å². The van der Waals surface area contributed by atoms with Crippen molar-refractivity contribution in [2.45, 2.75) is 0 Å². The molecule has 4 heteroatoms. The first-order valence-corrected chi connectivity index (χ1v) is 6.11. The van der Waals surface area contributed by atoms with Crippen LogP contribution in [0.2, 0.25) is 5.02 Å². The van der Waals surface area contributed by atoms with E-state index in [2.05, 4.69) is 11.6 Å². The fourth-order valence-electron chi connectivity index (χ4n) is 1.05. The normalized spacial score (nSPS) is 9.93. The lowest BCUT2D eigenvalue weighted by Crippen LogP contribution is -2.04. The van der Waals surface area contributed by atoms with E-state index < -0.39 is 0 Å². The maximum absolute atomic E-state index is 6.01. The summed E-state index contributed by atoms with van der Waals surface area (Å²) in [4.78, 5) is 0. The number of ether oxygens (including phenoxy) is 1. The minimum atomic E-state index is 0.729. The Kier molecular flexibility index (Phi) is 4.98. The van der Waals surface area contributed by atoms with Crippen LogP contribution >= 0.6 is 23.4 Å². The predicted octanol–water partition coefficient (Wildman–Crippen LogP) is 3.12. The number of hydrogen-bond donors (Lipinski definition) is 1. The maximum atomic E-state index is 6.01. The number of thioether (sulfide) groups is 1. The van der Waals surface area contributed by atoms with Crippen LogP contribution in [-0.4, -0.2) is 25.7 Å². The Morgan fingerprint density at radius 1 is 1.50 bits per heavy atom. The van der Waals surface area contributed by atoms with Gasteiger partial charge < -0.3 is 10.1 Å². The van der Waals surface area contributed by atoms with Crippen molar-refractivity contribution < 1.29 is 4.74 Å². The third kappa shape index (κ3) is 3.31. The molecule has 0 aromatic heterocycles. The average molecular weight is 232 g/mol. The molecule has 0 unspecified atom stereocenters. The summed E-state index contributed by atoms with van der Waals surface area (Å²) in [6, 6.07) is 5.59. The molecule has 0 spiro atoms. The summed E-state index contributed by atoms with van der Waals surface area (Å²) < 4.78 is 5.11. The second-order valence-electron chi connectivity index (χ2n) is 2.77. The third-order valence-electron chi connectivity index (χ3n) is 1.80. The molecule has 0 fully saturated rings. The molecular formula is C10H14ClNOS. The monoisotopic (exact) mass is 231 g/mol. The summed E-state index contributed by atoms with van der Waals surface area (Å²) in [5, 5.41) is 3.98. The molecule has 78 valence electrons. The second kappa shape index (κ2) is 6.04. The lowest BCUT2D eigenvalue weighted by molar-refractivity contribution is 0.415. The van der Waals surface area contributed by atoms with Crippen LogP contribution in [0.25, 0.3) is 0 Å². The number of halogens is 1. The zero-order valence-corrected chi connectivity index (χ0v) is 9.91. The zero-order valence-electron chi connectivity index (χ0n) is 8.34. The van der Waals surface area contributed by atoms with E-state index in [4.69, 9.17) is 16.3 Å². The number of hydrogen-bond acceptors (Lipinski definition) is 3. The average Bonchev–Trinajstić information content (AvgIpc) is 2.21. The highest BCUT2D eigenvalue weighted by molar-refractivity contribution is 7.98. The molecule has 2 nitrogen and oxygen atoms in total. The smallest absolute Gasteiger partial charge is 0.121 e. The molecule has 1 rings (SSSR count). The van der Waals surface area contributed by atoms with Crippen molar-refractivity contribution in [3.8, 4) is 5.75 Å². The Labute approximate surface area is 94.0 Å². The summed E-state index contributed by atoms with van der Waals surface area (Å²) in [5.74, 6) is 1.88. The van der Waals surface area contributed by atoms with E-state index >= 15 is 0 Å². The topological polar surface area (TPSA) is 21.3 Å². The van der Waals surface area contributed by atoms with Crippen LogP contribution in [0.1, 0.15) is 0 Å². The van der Waals surface area contributed by atoms with E-state index in [0.717, 1.165) is 28.8 Å². The summed E-state index contributed by atoms with van der Waals surface area (Å²) in [5.41, 5.74) is 0.931. The van der Waals surface area contributed by atoms with Gasteiger partial charge in [-0.15, -0.1) is 0 Å². The van der Waals surface area contributed by atoms with E-state index in [1.807, 2.05) is 18.2 Å². The standard InChI is InChI=1S/C10H14ClNOS/c1-13-8-3-4-9(11)10(7-8)12-5-6-14-2/h3-4,7,12H,5-6H2,1-2H3. The van der Waals surface area contributed by atoms with Gasteiger partial charge in [0.2, 0.25) is 0 Å². The molecule has 1 N–H and O–H groups in total. The van der Waals surface area contributed by atoms with Gasteiger partial charge in [-0.1, -0.05) is 11.6 Å². The zero-order chi connectivity index (χ0) is 10.4. The van der Waals surface area contributed by atoms with Crippen molar-refractivity contribution in [1.82, 2.24) is 0 Å². The van der Waals surface area contributed by atoms with Crippen LogP contribution in [-0.2, 0) is 0 Å². The molecule has 0 saturated heterocycles. The largest absolute Gasteiger partial charge is 0.497 e. The van der Waals surface area contributed by atoms with Crippen LogP contribution < -0.4 is 10.1 Å². The lowest BCUT2D eigenvalue weighted by Gasteiger charge is -2.09. The molecule has 0 amide bonds. The molecule has 0 atom stereocenters.